The van der Waals surface area contributed by atoms with Crippen molar-refractivity contribution < 1.29 is 30.0 Å². The van der Waals surface area contributed by atoms with Gasteiger partial charge in [-0.2, -0.15) is 0 Å². The van der Waals surface area contributed by atoms with Crippen LogP contribution in [0.3, 0.4) is 0 Å². The fraction of sp³-hybridized carbons (Fsp3) is 0.667. The molecule has 1 aromatic rings. The van der Waals surface area contributed by atoms with Crippen molar-refractivity contribution in [2.24, 2.45) is 5.73 Å². The van der Waals surface area contributed by atoms with E-state index in [2.05, 4.69) is 10.3 Å². The maximum Gasteiger partial charge on any atom is 0.271 e. The van der Waals surface area contributed by atoms with Gasteiger partial charge in [0, 0.05) is 0 Å². The molecule has 1 saturated heterocycles. The molecule has 6 N–H and O–H groups in total. The fourth-order valence-electron chi connectivity index (χ4n) is 1.94. The normalized spacial score (nSPS) is 30.7. The Morgan fingerprint density at radius 3 is 2.53 bits per heavy atom. The molecule has 1 aliphatic rings. The SMILES string of the molecule is NC(=O)c1nnn(C2OC(CO)C(O)C2O)c1CO. The van der Waals surface area contributed by atoms with Crippen LogP contribution in [0, 0.1) is 0 Å². The van der Waals surface area contributed by atoms with E-state index in [1.165, 1.54) is 0 Å². The molecule has 1 aromatic heterocycles. The van der Waals surface area contributed by atoms with Crippen molar-refractivity contribution in [2.45, 2.75) is 31.1 Å². The van der Waals surface area contributed by atoms with Gasteiger partial charge in [0.05, 0.1) is 13.2 Å². The number of nitrogens with zero attached hydrogens (tertiary/aromatic N) is 3. The Balaban J connectivity index is 2.35. The van der Waals surface area contributed by atoms with Crippen LogP contribution in [-0.4, -0.2) is 66.2 Å². The van der Waals surface area contributed by atoms with Crippen LogP contribution >= 0.6 is 0 Å². The van der Waals surface area contributed by atoms with E-state index in [4.69, 9.17) is 15.6 Å². The lowest BCUT2D eigenvalue weighted by Crippen LogP contribution is -2.33. The van der Waals surface area contributed by atoms with Crippen LogP contribution in [0.2, 0.25) is 0 Å². The van der Waals surface area contributed by atoms with Crippen molar-refractivity contribution in [3.05, 3.63) is 11.4 Å². The van der Waals surface area contributed by atoms with Crippen LogP contribution in [0.4, 0.5) is 0 Å². The lowest BCUT2D eigenvalue weighted by molar-refractivity contribution is -0.0618. The summed E-state index contributed by atoms with van der Waals surface area (Å²) in [7, 11) is 0. The molecule has 4 atom stereocenters. The molecule has 1 amide bonds. The molecular weight excluding hydrogens is 260 g/mol. The highest BCUT2D eigenvalue weighted by molar-refractivity contribution is 5.91. The van der Waals surface area contributed by atoms with Gasteiger partial charge in [-0.05, 0) is 0 Å². The largest absolute Gasteiger partial charge is 0.394 e. The monoisotopic (exact) mass is 274 g/mol. The van der Waals surface area contributed by atoms with Crippen molar-refractivity contribution in [1.82, 2.24) is 15.0 Å². The number of hydrogen-bond donors (Lipinski definition) is 5. The summed E-state index contributed by atoms with van der Waals surface area (Å²) in [5.74, 6) is -0.887. The third kappa shape index (κ3) is 2.19. The van der Waals surface area contributed by atoms with Gasteiger partial charge in [0.15, 0.2) is 11.9 Å². The highest BCUT2D eigenvalue weighted by Gasteiger charge is 2.45. The van der Waals surface area contributed by atoms with Crippen LogP contribution in [0.1, 0.15) is 22.4 Å². The summed E-state index contributed by atoms with van der Waals surface area (Å²) in [5.41, 5.74) is 4.77. The third-order valence-corrected chi connectivity index (χ3v) is 2.93. The second-order valence-corrected chi connectivity index (χ2v) is 4.08. The van der Waals surface area contributed by atoms with Gasteiger partial charge in [-0.1, -0.05) is 5.21 Å². The molecule has 0 aliphatic carbocycles. The Morgan fingerprint density at radius 1 is 1.37 bits per heavy atom. The van der Waals surface area contributed by atoms with E-state index < -0.39 is 43.7 Å². The Kier molecular flexibility index (Phi) is 3.78. The second kappa shape index (κ2) is 5.19. The summed E-state index contributed by atoms with van der Waals surface area (Å²) in [6, 6.07) is 0. The molecule has 106 valence electrons. The number of aromatic nitrogens is 3. The maximum absolute atomic E-state index is 11.1. The molecule has 0 spiro atoms. The molecule has 0 aromatic carbocycles. The van der Waals surface area contributed by atoms with Crippen molar-refractivity contribution in [3.8, 4) is 0 Å². The Bertz CT molecular complexity index is 477. The number of amides is 1. The first-order valence-corrected chi connectivity index (χ1v) is 5.48. The van der Waals surface area contributed by atoms with Crippen LogP contribution in [0.15, 0.2) is 0 Å². The van der Waals surface area contributed by atoms with Crippen LogP contribution in [0.25, 0.3) is 0 Å². The molecule has 1 aliphatic heterocycles. The van der Waals surface area contributed by atoms with Gasteiger partial charge >= 0.3 is 0 Å². The third-order valence-electron chi connectivity index (χ3n) is 2.93. The summed E-state index contributed by atoms with van der Waals surface area (Å²) >= 11 is 0. The molecule has 10 nitrogen and oxygen atoms in total. The molecule has 0 radical (unpaired) electrons. The summed E-state index contributed by atoms with van der Waals surface area (Å²) in [6.45, 7) is -1.10. The summed E-state index contributed by atoms with van der Waals surface area (Å²) < 4.78 is 6.17. The first kappa shape index (κ1) is 13.8. The van der Waals surface area contributed by atoms with Crippen molar-refractivity contribution in [1.29, 1.82) is 0 Å². The maximum atomic E-state index is 11.1. The van der Waals surface area contributed by atoms with Gasteiger partial charge < -0.3 is 30.9 Å². The molecular formula is C9H14N4O6. The summed E-state index contributed by atoms with van der Waals surface area (Å²) in [4.78, 5) is 11.1. The average molecular weight is 274 g/mol. The topological polar surface area (TPSA) is 164 Å². The Labute approximate surface area is 107 Å². The first-order chi connectivity index (χ1) is 9.01. The van der Waals surface area contributed by atoms with E-state index in [9.17, 15) is 20.1 Å². The molecule has 10 heteroatoms. The number of nitrogens with two attached hydrogens (primary N) is 1. The number of primary amides is 1. The molecule has 19 heavy (non-hydrogen) atoms. The van der Waals surface area contributed by atoms with E-state index in [0.717, 1.165) is 4.68 Å². The van der Waals surface area contributed by atoms with Gasteiger partial charge in [0.2, 0.25) is 0 Å². The average Bonchev–Trinajstić information content (AvgIpc) is 2.92. The van der Waals surface area contributed by atoms with Gasteiger partial charge in [-0.15, -0.1) is 5.10 Å². The van der Waals surface area contributed by atoms with E-state index in [1.807, 2.05) is 0 Å². The lowest BCUT2D eigenvalue weighted by atomic mass is 10.1. The van der Waals surface area contributed by atoms with Crippen LogP contribution in [0.5, 0.6) is 0 Å². The molecule has 4 unspecified atom stereocenters. The van der Waals surface area contributed by atoms with Crippen molar-refractivity contribution in [3.63, 3.8) is 0 Å². The molecule has 2 heterocycles. The van der Waals surface area contributed by atoms with E-state index in [1.54, 1.807) is 0 Å². The molecule has 0 bridgehead atoms. The number of rotatable bonds is 4. The highest BCUT2D eigenvalue weighted by Crippen LogP contribution is 2.30. The number of ether oxygens (including phenoxy) is 1. The number of aliphatic hydroxyl groups is 4. The first-order valence-electron chi connectivity index (χ1n) is 5.48. The van der Waals surface area contributed by atoms with Gasteiger partial charge in [-0.25, -0.2) is 4.68 Å². The molecule has 2 rings (SSSR count). The molecule has 0 saturated carbocycles. The summed E-state index contributed by atoms with van der Waals surface area (Å²) in [6.07, 6.45) is -4.87. The van der Waals surface area contributed by atoms with E-state index >= 15 is 0 Å². The van der Waals surface area contributed by atoms with Crippen LogP contribution in [-0.2, 0) is 11.3 Å². The van der Waals surface area contributed by atoms with E-state index in [-0.39, 0.29) is 11.4 Å². The van der Waals surface area contributed by atoms with Crippen molar-refractivity contribution >= 4 is 5.91 Å². The highest BCUT2D eigenvalue weighted by atomic mass is 16.6. The van der Waals surface area contributed by atoms with Gasteiger partial charge in [0.1, 0.15) is 24.0 Å². The number of aliphatic hydroxyl groups excluding tert-OH is 4. The predicted octanol–water partition coefficient (Wildman–Crippen LogP) is -3.52. The molecule has 1 fully saturated rings. The van der Waals surface area contributed by atoms with E-state index in [0.29, 0.717) is 0 Å². The standard InChI is InChI=1S/C9H14N4O6/c10-8(18)5-3(1-14)13(12-11-5)9-7(17)6(16)4(2-15)19-9/h4,6-7,9,14-17H,1-2H2,(H2,10,18). The quantitative estimate of drug-likeness (QED) is 0.377. The second-order valence-electron chi connectivity index (χ2n) is 4.08. The number of hydrogen-bond acceptors (Lipinski definition) is 8. The zero-order chi connectivity index (χ0) is 14.2. The smallest absolute Gasteiger partial charge is 0.271 e. The minimum atomic E-state index is -1.38. The van der Waals surface area contributed by atoms with Crippen LogP contribution < -0.4 is 5.73 Å². The number of carbonyl (C=O) groups is 1. The fourth-order valence-corrected chi connectivity index (χ4v) is 1.94. The van der Waals surface area contributed by atoms with Gasteiger partial charge in [0.25, 0.3) is 5.91 Å². The number of carbonyl (C=O) groups excluding carboxylic acids is 1. The van der Waals surface area contributed by atoms with Gasteiger partial charge in [-0.3, -0.25) is 4.79 Å². The zero-order valence-electron chi connectivity index (χ0n) is 9.75. The summed E-state index contributed by atoms with van der Waals surface area (Å²) in [5, 5.41) is 44.7. The Morgan fingerprint density at radius 2 is 2.05 bits per heavy atom. The minimum absolute atomic E-state index is 0.0395. The minimum Gasteiger partial charge on any atom is -0.394 e. The van der Waals surface area contributed by atoms with Crippen molar-refractivity contribution in [2.75, 3.05) is 6.61 Å². The Hall–Kier alpha value is -1.59. The lowest BCUT2D eigenvalue weighted by Gasteiger charge is -2.16. The zero-order valence-corrected chi connectivity index (χ0v) is 9.75. The predicted molar refractivity (Wildman–Crippen MR) is 57.5 cm³/mol.